The zero-order valence-electron chi connectivity index (χ0n) is 12.7. The Kier molecular flexibility index (Phi) is 6.03. The third kappa shape index (κ3) is 5.76. The summed E-state index contributed by atoms with van der Waals surface area (Å²) in [6.07, 6.45) is -0.139. The SMILES string of the molecule is CCN(CC1COCC(NC)N1)C(=O)OC(C)(C)C. The van der Waals surface area contributed by atoms with E-state index in [9.17, 15) is 4.79 Å². The van der Waals surface area contributed by atoms with Crippen molar-refractivity contribution in [2.75, 3.05) is 33.4 Å². The molecule has 2 atom stereocenters. The number of hydrogen-bond acceptors (Lipinski definition) is 5. The maximum Gasteiger partial charge on any atom is 0.410 e. The van der Waals surface area contributed by atoms with Gasteiger partial charge in [0.1, 0.15) is 5.60 Å². The van der Waals surface area contributed by atoms with Gasteiger partial charge in [0, 0.05) is 19.1 Å². The summed E-state index contributed by atoms with van der Waals surface area (Å²) in [5.74, 6) is 0. The van der Waals surface area contributed by atoms with E-state index in [4.69, 9.17) is 9.47 Å². The Labute approximate surface area is 115 Å². The number of carbonyl (C=O) groups excluding carboxylic acids is 1. The zero-order valence-corrected chi connectivity index (χ0v) is 12.7. The summed E-state index contributed by atoms with van der Waals surface area (Å²) in [4.78, 5) is 13.7. The Balaban J connectivity index is 2.49. The first kappa shape index (κ1) is 16.2. The lowest BCUT2D eigenvalue weighted by atomic mass is 10.2. The number of amides is 1. The summed E-state index contributed by atoms with van der Waals surface area (Å²) in [5.41, 5.74) is -0.464. The molecule has 19 heavy (non-hydrogen) atoms. The van der Waals surface area contributed by atoms with Gasteiger partial charge in [0.15, 0.2) is 0 Å². The van der Waals surface area contributed by atoms with Crippen LogP contribution in [0, 0.1) is 0 Å². The van der Waals surface area contributed by atoms with E-state index in [2.05, 4.69) is 10.6 Å². The lowest BCUT2D eigenvalue weighted by molar-refractivity contribution is 0.00635. The molecule has 0 aromatic rings. The second kappa shape index (κ2) is 7.07. The second-order valence-corrected chi connectivity index (χ2v) is 5.76. The average molecular weight is 273 g/mol. The summed E-state index contributed by atoms with van der Waals surface area (Å²) in [5, 5.41) is 6.52. The molecular formula is C13H27N3O3. The average Bonchev–Trinajstić information content (AvgIpc) is 2.34. The quantitative estimate of drug-likeness (QED) is 0.792. The Morgan fingerprint density at radius 1 is 1.47 bits per heavy atom. The molecule has 0 aliphatic carbocycles. The lowest BCUT2D eigenvalue weighted by Crippen LogP contribution is -2.58. The van der Waals surface area contributed by atoms with Crippen LogP contribution in [0.2, 0.25) is 0 Å². The predicted molar refractivity (Wildman–Crippen MR) is 74.1 cm³/mol. The number of hydrogen-bond donors (Lipinski definition) is 2. The predicted octanol–water partition coefficient (Wildman–Crippen LogP) is 0.777. The highest BCUT2D eigenvalue weighted by Gasteiger charge is 2.26. The molecule has 112 valence electrons. The van der Waals surface area contributed by atoms with E-state index in [0.29, 0.717) is 26.3 Å². The number of nitrogens with one attached hydrogen (secondary N) is 2. The van der Waals surface area contributed by atoms with E-state index in [1.807, 2.05) is 34.7 Å². The monoisotopic (exact) mass is 273 g/mol. The van der Waals surface area contributed by atoms with E-state index in [0.717, 1.165) is 0 Å². The van der Waals surface area contributed by atoms with Crippen molar-refractivity contribution in [3.8, 4) is 0 Å². The molecule has 6 nitrogen and oxygen atoms in total. The normalized spacial score (nSPS) is 24.1. The minimum Gasteiger partial charge on any atom is -0.444 e. The molecular weight excluding hydrogens is 246 g/mol. The van der Waals surface area contributed by atoms with Gasteiger partial charge in [-0.2, -0.15) is 0 Å². The van der Waals surface area contributed by atoms with Gasteiger partial charge in [-0.25, -0.2) is 4.79 Å². The van der Waals surface area contributed by atoms with Crippen LogP contribution in [0.3, 0.4) is 0 Å². The van der Waals surface area contributed by atoms with Gasteiger partial charge in [-0.05, 0) is 34.7 Å². The van der Waals surface area contributed by atoms with Gasteiger partial charge in [0.25, 0.3) is 0 Å². The van der Waals surface area contributed by atoms with Crippen molar-refractivity contribution in [1.29, 1.82) is 0 Å². The van der Waals surface area contributed by atoms with Gasteiger partial charge < -0.3 is 19.7 Å². The maximum atomic E-state index is 12.0. The zero-order chi connectivity index (χ0) is 14.5. The molecule has 1 aliphatic rings. The highest BCUT2D eigenvalue weighted by molar-refractivity contribution is 5.68. The van der Waals surface area contributed by atoms with Gasteiger partial charge >= 0.3 is 6.09 Å². The highest BCUT2D eigenvalue weighted by Crippen LogP contribution is 2.11. The Morgan fingerprint density at radius 2 is 2.16 bits per heavy atom. The third-order valence-corrected chi connectivity index (χ3v) is 2.86. The standard InChI is InChI=1S/C13H27N3O3/c1-6-16(12(17)19-13(2,3)4)7-10-8-18-9-11(14-5)15-10/h10-11,14-15H,6-9H2,1-5H3. The van der Waals surface area contributed by atoms with Crippen molar-refractivity contribution >= 4 is 6.09 Å². The molecule has 0 saturated carbocycles. The molecule has 0 aromatic carbocycles. The fourth-order valence-corrected chi connectivity index (χ4v) is 1.91. The molecule has 0 spiro atoms. The fourth-order valence-electron chi connectivity index (χ4n) is 1.91. The third-order valence-electron chi connectivity index (χ3n) is 2.86. The van der Waals surface area contributed by atoms with E-state index in [1.165, 1.54) is 0 Å². The Hall–Kier alpha value is -0.850. The van der Waals surface area contributed by atoms with Gasteiger partial charge in [-0.3, -0.25) is 5.32 Å². The van der Waals surface area contributed by atoms with Gasteiger partial charge in [-0.15, -0.1) is 0 Å². The van der Waals surface area contributed by atoms with Crippen LogP contribution < -0.4 is 10.6 Å². The number of nitrogens with zero attached hydrogens (tertiary/aromatic N) is 1. The van der Waals surface area contributed by atoms with Gasteiger partial charge in [0.05, 0.1) is 19.4 Å². The van der Waals surface area contributed by atoms with Crippen LogP contribution in [0.4, 0.5) is 4.79 Å². The van der Waals surface area contributed by atoms with Crippen LogP contribution >= 0.6 is 0 Å². The largest absolute Gasteiger partial charge is 0.444 e. The summed E-state index contributed by atoms with van der Waals surface area (Å²) in [6, 6.07) is 0.124. The van der Waals surface area contributed by atoms with Crippen LogP contribution in [0.15, 0.2) is 0 Å². The molecule has 1 saturated heterocycles. The first-order chi connectivity index (χ1) is 8.85. The summed E-state index contributed by atoms with van der Waals surface area (Å²) in [6.45, 7) is 10.0. The number of likely N-dealkylation sites (N-methyl/N-ethyl adjacent to an activating group) is 2. The van der Waals surface area contributed by atoms with Gasteiger partial charge in [0.2, 0.25) is 0 Å². The second-order valence-electron chi connectivity index (χ2n) is 5.76. The van der Waals surface area contributed by atoms with Crippen molar-refractivity contribution in [3.63, 3.8) is 0 Å². The molecule has 1 fully saturated rings. The van der Waals surface area contributed by atoms with Crippen molar-refractivity contribution in [1.82, 2.24) is 15.5 Å². The molecule has 2 unspecified atom stereocenters. The number of morpholine rings is 1. The van der Waals surface area contributed by atoms with Crippen molar-refractivity contribution in [3.05, 3.63) is 0 Å². The molecule has 6 heteroatoms. The van der Waals surface area contributed by atoms with Gasteiger partial charge in [-0.1, -0.05) is 0 Å². The summed E-state index contributed by atoms with van der Waals surface area (Å²) in [7, 11) is 1.88. The molecule has 1 heterocycles. The molecule has 1 aliphatic heterocycles. The first-order valence-electron chi connectivity index (χ1n) is 6.84. The van der Waals surface area contributed by atoms with Crippen LogP contribution in [0.5, 0.6) is 0 Å². The van der Waals surface area contributed by atoms with Crippen molar-refractivity contribution in [2.24, 2.45) is 0 Å². The molecule has 2 N–H and O–H groups in total. The fraction of sp³-hybridized carbons (Fsp3) is 0.923. The van der Waals surface area contributed by atoms with E-state index < -0.39 is 5.60 Å². The van der Waals surface area contributed by atoms with Crippen LogP contribution in [0.25, 0.3) is 0 Å². The molecule has 0 bridgehead atoms. The Morgan fingerprint density at radius 3 is 2.68 bits per heavy atom. The van der Waals surface area contributed by atoms with Crippen LogP contribution in [-0.2, 0) is 9.47 Å². The topological polar surface area (TPSA) is 62.8 Å². The number of carbonyl (C=O) groups is 1. The molecule has 1 amide bonds. The van der Waals surface area contributed by atoms with E-state index in [-0.39, 0.29) is 18.3 Å². The summed E-state index contributed by atoms with van der Waals surface area (Å²) >= 11 is 0. The van der Waals surface area contributed by atoms with Crippen LogP contribution in [-0.4, -0.2) is 62.2 Å². The Bertz CT molecular complexity index is 291. The molecule has 0 aromatic heterocycles. The van der Waals surface area contributed by atoms with E-state index in [1.54, 1.807) is 4.90 Å². The maximum absolute atomic E-state index is 12.0. The number of ether oxygens (including phenoxy) is 2. The number of rotatable bonds is 4. The molecule has 1 rings (SSSR count). The lowest BCUT2D eigenvalue weighted by Gasteiger charge is -2.34. The highest BCUT2D eigenvalue weighted by atomic mass is 16.6. The van der Waals surface area contributed by atoms with Crippen molar-refractivity contribution in [2.45, 2.75) is 45.5 Å². The summed E-state index contributed by atoms with van der Waals surface area (Å²) < 4.78 is 10.9. The van der Waals surface area contributed by atoms with Crippen molar-refractivity contribution < 1.29 is 14.3 Å². The van der Waals surface area contributed by atoms with E-state index >= 15 is 0 Å². The smallest absolute Gasteiger partial charge is 0.410 e. The minimum absolute atomic E-state index is 0.124. The molecule has 0 radical (unpaired) electrons. The minimum atomic E-state index is -0.464. The van der Waals surface area contributed by atoms with Crippen LogP contribution in [0.1, 0.15) is 27.7 Å². The first-order valence-corrected chi connectivity index (χ1v) is 6.84.